The smallest absolute Gasteiger partial charge is 0.317 e. The van der Waals surface area contributed by atoms with E-state index in [4.69, 9.17) is 8.42 Å². The van der Waals surface area contributed by atoms with Crippen LogP contribution in [0.5, 0.6) is 0 Å². The number of H-pyrrole nitrogens is 1. The molecule has 94 valence electrons. The van der Waals surface area contributed by atoms with Gasteiger partial charge in [-0.05, 0) is 12.1 Å². The zero-order valence-corrected chi connectivity index (χ0v) is 11.4. The number of hydrogen-bond acceptors (Lipinski definition) is 2. The Bertz CT molecular complexity index is 722. The zero-order valence-electron chi connectivity index (χ0n) is 9.10. The Kier molecular flexibility index (Phi) is 3.80. The molecule has 0 radical (unpaired) electrons. The van der Waals surface area contributed by atoms with Gasteiger partial charge in [-0.15, -0.1) is 0 Å². The van der Waals surface area contributed by atoms with E-state index >= 15 is 0 Å². The lowest BCUT2D eigenvalue weighted by molar-refractivity contribution is 0.621. The van der Waals surface area contributed by atoms with Gasteiger partial charge in [0.2, 0.25) is 0 Å². The van der Waals surface area contributed by atoms with Crippen molar-refractivity contribution in [3.63, 3.8) is 0 Å². The first-order valence-corrected chi connectivity index (χ1v) is 8.18. The van der Waals surface area contributed by atoms with Gasteiger partial charge in [0.25, 0.3) is 0 Å². The Morgan fingerprint density at radius 2 is 1.11 bits per heavy atom. The second-order valence-corrected chi connectivity index (χ2v) is 7.26. The van der Waals surface area contributed by atoms with Crippen LogP contribution in [0.2, 0.25) is 0 Å². The van der Waals surface area contributed by atoms with E-state index in [1.807, 2.05) is 0 Å². The van der Waals surface area contributed by atoms with Gasteiger partial charge in [0, 0.05) is 43.2 Å². The van der Waals surface area contributed by atoms with Crippen molar-refractivity contribution in [3.8, 4) is 0 Å². The molecule has 1 N–H and O–H groups in total. The van der Waals surface area contributed by atoms with Gasteiger partial charge < -0.3 is 4.98 Å². The molecule has 1 heterocycles. The highest BCUT2D eigenvalue weighted by Gasteiger charge is 2.00. The largest absolute Gasteiger partial charge is 0.355 e. The van der Waals surface area contributed by atoms with Gasteiger partial charge in [-0.25, -0.2) is 0 Å². The lowest BCUT2D eigenvalue weighted by Gasteiger charge is -1.87. The van der Waals surface area contributed by atoms with E-state index in [1.54, 1.807) is 0 Å². The Morgan fingerprint density at radius 3 is 1.50 bits per heavy atom. The van der Waals surface area contributed by atoms with Gasteiger partial charge in [-0.3, -0.25) is 0 Å². The predicted molar refractivity (Wildman–Crippen MR) is 76.4 cm³/mol. The molecule has 0 fully saturated rings. The van der Waals surface area contributed by atoms with E-state index in [-0.39, 0.29) is 0 Å². The highest BCUT2D eigenvalue weighted by atomic mass is 36.0. The Hall–Kier alpha value is -1.23. The molecule has 0 unspecified atom stereocenters. The lowest BCUT2D eigenvalue weighted by atomic mass is 10.2. The van der Waals surface area contributed by atoms with Gasteiger partial charge in [0.1, 0.15) is 0 Å². The summed E-state index contributed by atoms with van der Waals surface area (Å²) >= 11 is 0. The van der Waals surface area contributed by atoms with Crippen molar-refractivity contribution < 1.29 is 8.42 Å². The zero-order chi connectivity index (χ0) is 13.2. The standard InChI is InChI=1S/C12H9N.Cl2O2S/c1-3-7-11-9(5-1)10-6-2-4-8-12(10)13-11;1-5(2,3)4/h1-8,13H;. The van der Waals surface area contributed by atoms with Crippen molar-refractivity contribution in [2.75, 3.05) is 0 Å². The number of hydrogen-bond donors (Lipinski definition) is 1. The topological polar surface area (TPSA) is 49.9 Å². The van der Waals surface area contributed by atoms with Crippen LogP contribution in [0.3, 0.4) is 0 Å². The van der Waals surface area contributed by atoms with E-state index in [0.29, 0.717) is 0 Å². The minimum Gasteiger partial charge on any atom is -0.355 e. The number of aromatic amines is 1. The molecular formula is C12H9Cl2NO2S. The van der Waals surface area contributed by atoms with Crippen molar-refractivity contribution in [3.05, 3.63) is 48.5 Å². The number of benzene rings is 2. The van der Waals surface area contributed by atoms with Gasteiger partial charge in [-0.1, -0.05) is 36.4 Å². The maximum Gasteiger partial charge on any atom is 0.317 e. The van der Waals surface area contributed by atoms with Crippen molar-refractivity contribution in [1.29, 1.82) is 0 Å². The summed E-state index contributed by atoms with van der Waals surface area (Å²) in [6, 6.07) is 16.8. The average molecular weight is 302 g/mol. The summed E-state index contributed by atoms with van der Waals surface area (Å²) in [5.74, 6) is 0. The van der Waals surface area contributed by atoms with E-state index in [2.05, 4.69) is 74.9 Å². The number of para-hydroxylation sites is 2. The van der Waals surface area contributed by atoms with Crippen LogP contribution in [0.1, 0.15) is 0 Å². The molecule has 18 heavy (non-hydrogen) atoms. The summed E-state index contributed by atoms with van der Waals surface area (Å²) in [6.45, 7) is 0. The number of rotatable bonds is 0. The van der Waals surface area contributed by atoms with Crippen LogP contribution in [0, 0.1) is 0 Å². The molecule has 6 heteroatoms. The fraction of sp³-hybridized carbons (Fsp3) is 0. The van der Waals surface area contributed by atoms with Gasteiger partial charge in [0.05, 0.1) is 0 Å². The summed E-state index contributed by atoms with van der Waals surface area (Å²) in [4.78, 5) is 3.38. The van der Waals surface area contributed by atoms with Crippen LogP contribution in [-0.4, -0.2) is 13.4 Å². The lowest BCUT2D eigenvalue weighted by Crippen LogP contribution is -1.63. The Labute approximate surface area is 113 Å². The molecular weight excluding hydrogens is 293 g/mol. The fourth-order valence-corrected chi connectivity index (χ4v) is 1.80. The quantitative estimate of drug-likeness (QED) is 0.637. The number of nitrogens with one attached hydrogen (secondary N) is 1. The van der Waals surface area contributed by atoms with Crippen molar-refractivity contribution in [2.24, 2.45) is 0 Å². The molecule has 3 nitrogen and oxygen atoms in total. The number of fused-ring (bicyclic) bond motifs is 3. The minimum atomic E-state index is -3.72. The highest BCUT2D eigenvalue weighted by molar-refractivity contribution is 8.31. The van der Waals surface area contributed by atoms with E-state index in [9.17, 15) is 0 Å². The molecule has 0 bridgehead atoms. The normalized spacial score (nSPS) is 11.2. The Balaban J connectivity index is 0.000000209. The second-order valence-electron chi connectivity index (χ2n) is 3.59. The first-order chi connectivity index (χ1) is 8.45. The predicted octanol–water partition coefficient (Wildman–Crippen LogP) is 4.03. The van der Waals surface area contributed by atoms with E-state index in [0.717, 1.165) is 0 Å². The number of halogens is 2. The van der Waals surface area contributed by atoms with Crippen LogP contribution in [0.25, 0.3) is 21.8 Å². The number of aromatic nitrogens is 1. The molecule has 0 saturated carbocycles. The first-order valence-electron chi connectivity index (χ1n) is 5.05. The maximum atomic E-state index is 9.16. The Morgan fingerprint density at radius 1 is 0.778 bits per heavy atom. The summed E-state index contributed by atoms with van der Waals surface area (Å²) in [5, 5.41) is 2.61. The van der Waals surface area contributed by atoms with Crippen molar-refractivity contribution in [2.45, 2.75) is 0 Å². The summed E-state index contributed by atoms with van der Waals surface area (Å²) in [7, 11) is 4.81. The van der Waals surface area contributed by atoms with E-state index in [1.165, 1.54) is 21.8 Å². The molecule has 0 amide bonds. The first kappa shape index (κ1) is 13.2. The van der Waals surface area contributed by atoms with Crippen LogP contribution >= 0.6 is 21.4 Å². The molecule has 3 rings (SSSR count). The third-order valence-electron chi connectivity index (χ3n) is 2.41. The SMILES string of the molecule is O=S(=O)(Cl)Cl.c1ccc2c(c1)[nH]c1ccccc12. The molecule has 1 aromatic heterocycles. The summed E-state index contributed by atoms with van der Waals surface area (Å²) in [5.41, 5.74) is 2.42. The van der Waals surface area contributed by atoms with Gasteiger partial charge in [0.15, 0.2) is 0 Å². The molecule has 0 atom stereocenters. The van der Waals surface area contributed by atoms with Crippen LogP contribution in [0.15, 0.2) is 48.5 Å². The highest BCUT2D eigenvalue weighted by Crippen LogP contribution is 2.24. The molecule has 0 saturated heterocycles. The third kappa shape index (κ3) is 3.38. The minimum absolute atomic E-state index is 1.21. The van der Waals surface area contributed by atoms with Crippen LogP contribution < -0.4 is 0 Å². The van der Waals surface area contributed by atoms with Gasteiger partial charge >= 0.3 is 8.26 Å². The van der Waals surface area contributed by atoms with Crippen LogP contribution in [-0.2, 0) is 8.26 Å². The molecule has 2 aromatic carbocycles. The van der Waals surface area contributed by atoms with Crippen molar-refractivity contribution >= 4 is 51.4 Å². The van der Waals surface area contributed by atoms with E-state index < -0.39 is 8.26 Å². The molecule has 0 aliphatic rings. The molecule has 3 aromatic rings. The third-order valence-corrected chi connectivity index (χ3v) is 2.41. The maximum absolute atomic E-state index is 9.16. The average Bonchev–Trinajstić information content (AvgIpc) is 2.65. The van der Waals surface area contributed by atoms with Crippen LogP contribution in [0.4, 0.5) is 0 Å². The second kappa shape index (κ2) is 5.18. The fourth-order valence-electron chi connectivity index (χ4n) is 1.80. The van der Waals surface area contributed by atoms with Crippen molar-refractivity contribution in [1.82, 2.24) is 4.98 Å². The summed E-state index contributed by atoms with van der Waals surface area (Å²) < 4.78 is 18.3. The molecule has 0 spiro atoms. The molecule has 0 aliphatic heterocycles. The summed E-state index contributed by atoms with van der Waals surface area (Å²) in [6.07, 6.45) is 0. The van der Waals surface area contributed by atoms with Gasteiger partial charge in [-0.2, -0.15) is 8.42 Å². The molecule has 0 aliphatic carbocycles. The monoisotopic (exact) mass is 301 g/mol.